The molecule has 87 heavy (non-hydrogen) atoms. The topological polar surface area (TPSA) is 349 Å². The van der Waals surface area contributed by atoms with Gasteiger partial charge in [-0.2, -0.15) is 9.73 Å². The summed E-state index contributed by atoms with van der Waals surface area (Å²) in [4.78, 5) is 97.5. The quantitative estimate of drug-likeness (QED) is 0.0180. The first-order valence-corrected chi connectivity index (χ1v) is 27.6. The number of nitrogens with one attached hydrogen (secondary N) is 2. The fourth-order valence-corrected chi connectivity index (χ4v) is 6.63. The Balaban J connectivity index is -0.000000485. The monoisotopic (exact) mass is 1260 g/mol. The molecule has 5 aromatic rings. The number of rotatable bonds is 26. The molecule has 5 rings (SSSR count). The normalized spacial score (nSPS) is 11.8. The summed E-state index contributed by atoms with van der Waals surface area (Å²) in [7, 11) is -0.357. The predicted octanol–water partition coefficient (Wildman–Crippen LogP) is 5.77. The number of benzene rings is 5. The van der Waals surface area contributed by atoms with Gasteiger partial charge in [0.1, 0.15) is 17.9 Å². The Morgan fingerprint density at radius 2 is 0.782 bits per heavy atom. The number of hydrogen-bond acceptors (Lipinski definition) is 17. The fraction of sp³-hybridized carbons (Fsp3) is 0.400. The number of ether oxygens (including phenoxy) is 2. The molecule has 0 radical (unpaired) electrons. The van der Waals surface area contributed by atoms with Crippen LogP contribution in [0.5, 0.6) is 0 Å². The van der Waals surface area contributed by atoms with Crippen molar-refractivity contribution in [3.8, 4) is 0 Å². The van der Waals surface area contributed by atoms with Gasteiger partial charge in [0.2, 0.25) is 11.8 Å². The molecule has 0 aliphatic heterocycles. The van der Waals surface area contributed by atoms with Crippen molar-refractivity contribution in [2.24, 2.45) is 23.3 Å². The summed E-state index contributed by atoms with van der Waals surface area (Å²) >= 11 is 0. The van der Waals surface area contributed by atoms with Crippen molar-refractivity contribution in [1.29, 1.82) is 3.84 Å². The minimum atomic E-state index is -1.87. The minimum Gasteiger partial charge on any atom is -0.481 e. The number of methoxy groups -OCH3 is 1. The molecule has 0 heterocycles. The number of aliphatic carboxylic acids is 1. The SMILES string of the molecule is CC(=O)N[C@H](CO)C(=O)CCc1ccccc1.CC(=O)OC(C)=O.COC[C@@H](NC(C)=O)C(=O)CCc1ccccc1.C[C@H](CO)C(=O)CCc1ccccc1.C[C@H](CO)C(=O)O.Cl.NCc1ccccc1.N[C@H](CO)C(=O)CCc1ccccc1.[3H]P([3H])[3H]. The van der Waals surface area contributed by atoms with E-state index < -0.39 is 51.7 Å². The van der Waals surface area contributed by atoms with Gasteiger partial charge in [0.15, 0.2) is 17.3 Å². The number of carboxylic acid groups (broad SMARTS) is 1. The molecule has 5 aromatic carbocycles. The molecule has 0 aliphatic rings. The lowest BCUT2D eigenvalue weighted by Crippen LogP contribution is -2.43. The van der Waals surface area contributed by atoms with E-state index in [1.165, 1.54) is 52.9 Å². The summed E-state index contributed by atoms with van der Waals surface area (Å²) in [5.74, 6) is -3.56. The first-order valence-electron chi connectivity index (χ1n) is 29.0. The van der Waals surface area contributed by atoms with Gasteiger partial charge in [-0.15, -0.1) is 12.4 Å². The van der Waals surface area contributed by atoms with Crippen molar-refractivity contribution >= 4 is 75.0 Å². The van der Waals surface area contributed by atoms with Crippen LogP contribution in [0.3, 0.4) is 0 Å². The molecule has 5 atom stereocenters. The molecule has 0 aromatic heterocycles. The third kappa shape index (κ3) is 48.6. The number of nitrogens with two attached hydrogens (primary N) is 2. The van der Waals surface area contributed by atoms with Gasteiger partial charge in [-0.1, -0.05) is 159 Å². The highest BCUT2D eigenvalue weighted by atomic mass is 35.5. The Hall–Kier alpha value is -7.23. The summed E-state index contributed by atoms with van der Waals surface area (Å²) in [6, 6.07) is 47.0. The van der Waals surface area contributed by atoms with Crippen LogP contribution in [0.4, 0.5) is 0 Å². The van der Waals surface area contributed by atoms with Gasteiger partial charge in [0, 0.05) is 73.0 Å². The smallest absolute Gasteiger partial charge is 0.310 e. The lowest BCUT2D eigenvalue weighted by atomic mass is 10.0. The zero-order valence-electron chi connectivity index (χ0n) is 54.0. The second kappa shape index (κ2) is 55.4. The molecule has 20 nitrogen and oxygen atoms in total. The lowest BCUT2D eigenvalue weighted by Gasteiger charge is -2.15. The van der Waals surface area contributed by atoms with Gasteiger partial charge in [0.25, 0.3) is 0 Å². The molecule has 22 heteroatoms. The number of Topliss-reactive ketones (excluding diaryl/α,β-unsaturated/α-hetero) is 4. The van der Waals surface area contributed by atoms with Crippen molar-refractivity contribution < 1.29 is 78.2 Å². The number of hydrogen-bond donors (Lipinski definition) is 9. The summed E-state index contributed by atoms with van der Waals surface area (Å²) in [6.45, 7) is 8.19. The second-order valence-corrected chi connectivity index (χ2v) is 19.0. The van der Waals surface area contributed by atoms with E-state index in [0.717, 1.165) is 23.1 Å². The Morgan fingerprint density at radius 1 is 0.483 bits per heavy atom. The average Bonchev–Trinajstić information content (AvgIpc) is 3.61. The zero-order valence-corrected chi connectivity index (χ0v) is 52.7. The van der Waals surface area contributed by atoms with E-state index in [4.69, 9.17) is 45.6 Å². The van der Waals surface area contributed by atoms with Crippen LogP contribution in [0.1, 0.15) is 95.0 Å². The Bertz CT molecular complexity index is 2620. The number of carboxylic acids is 1. The highest BCUT2D eigenvalue weighted by Gasteiger charge is 2.20. The van der Waals surface area contributed by atoms with Crippen LogP contribution in [0.15, 0.2) is 152 Å². The average molecular weight is 1260 g/mol. The Morgan fingerprint density at radius 3 is 1.01 bits per heavy atom. The fourth-order valence-electron chi connectivity index (χ4n) is 6.63. The molecule has 2 amide bonds. The number of aryl methyl sites for hydroxylation is 4. The standard InChI is InChI=1S/C14H19NO3.C13H17NO3.C12H16O2.C11H15NO2.C7H9N.C4H6O3.C4H8O3.ClH.H3P/c1-11(16)15-13(10-18-2)14(17)9-8-12-6-4-3-5-7-12;1-10(16)14-12(9-15)13(17)8-7-11-5-3-2-4-6-11;1-10(9-13)12(14)8-7-11-5-3-2-4-6-11;12-10(8-13)11(14)7-6-9-4-2-1-3-5-9;8-6-7-4-2-1-3-5-7;1-3(5)7-4(2)6;1-3(2-5)4(6)7;;/h3-7,13H,8-10H2,1-2H3,(H,15,16);2-6,12,15H,7-9H2,1H3,(H,14,16);2-6,10,13H,7-9H2,1H3;1-5,10,13H,6-8,12H2;1-5H,6,8H2;1-2H3;3,5H,2H2,1H3,(H,6,7);1H;1H3/t13-;12-;2*10-;;;3-;;/m1111..1../s1/i;;;;;;;;1T3. The summed E-state index contributed by atoms with van der Waals surface area (Å²) in [5, 5.41) is 47.6. The largest absolute Gasteiger partial charge is 0.481 e. The predicted molar refractivity (Wildman–Crippen MR) is 344 cm³/mol. The van der Waals surface area contributed by atoms with E-state index >= 15 is 0 Å². The minimum absolute atomic E-state index is 0. The maximum absolute atomic E-state index is 11.9. The van der Waals surface area contributed by atoms with Crippen LogP contribution < -0.4 is 22.1 Å². The molecule has 11 N–H and O–H groups in total. The molecule has 0 unspecified atom stereocenters. The van der Waals surface area contributed by atoms with Crippen LogP contribution in [0, 0.1) is 11.8 Å². The van der Waals surface area contributed by atoms with E-state index in [0.29, 0.717) is 51.5 Å². The van der Waals surface area contributed by atoms with Gasteiger partial charge >= 0.3 is 17.9 Å². The molecule has 0 fully saturated rings. The molecule has 0 aliphatic carbocycles. The number of amides is 2. The van der Waals surface area contributed by atoms with Crippen molar-refractivity contribution in [3.05, 3.63) is 179 Å². The molecule has 0 saturated heterocycles. The highest BCUT2D eigenvalue weighted by Crippen LogP contribution is 2.09. The van der Waals surface area contributed by atoms with Crippen LogP contribution in [-0.4, -0.2) is 140 Å². The molecular formula is C65H94ClN4O16P. The molecular weight excluding hydrogens is 1160 g/mol. The van der Waals surface area contributed by atoms with Gasteiger partial charge < -0.3 is 57.1 Å². The Kier molecular flexibility index (Phi) is 50.8. The number of esters is 2. The maximum Gasteiger partial charge on any atom is 0.310 e. The molecule has 0 saturated carbocycles. The number of carbonyl (C=O) groups is 9. The summed E-state index contributed by atoms with van der Waals surface area (Å²) in [6.07, 6.45) is 4.39. The molecule has 0 bridgehead atoms. The van der Waals surface area contributed by atoms with Crippen LogP contribution in [0.2, 0.25) is 0 Å². The van der Waals surface area contributed by atoms with Crippen LogP contribution in [-0.2, 0) is 84.9 Å². The van der Waals surface area contributed by atoms with Crippen LogP contribution in [0.25, 0.3) is 0 Å². The van der Waals surface area contributed by atoms with Gasteiger partial charge in [0.05, 0.1) is 48.8 Å². The number of ketones is 4. The lowest BCUT2D eigenvalue weighted by molar-refractivity contribution is -0.156. The van der Waals surface area contributed by atoms with Gasteiger partial charge in [-0.3, -0.25) is 43.2 Å². The first kappa shape index (κ1) is 79.8. The number of aliphatic hydroxyl groups excluding tert-OH is 4. The zero-order chi connectivity index (χ0) is 68.0. The molecule has 0 spiro atoms. The third-order valence-electron chi connectivity index (χ3n) is 11.6. The van der Waals surface area contributed by atoms with Gasteiger partial charge in [-0.05, 0) is 60.4 Å². The number of aliphatic hydroxyl groups is 4. The van der Waals surface area contributed by atoms with Crippen molar-refractivity contribution in [2.75, 3.05) is 40.1 Å². The van der Waals surface area contributed by atoms with E-state index in [1.807, 2.05) is 152 Å². The summed E-state index contributed by atoms with van der Waals surface area (Å²) < 4.78 is 26.9. The van der Waals surface area contributed by atoms with Crippen molar-refractivity contribution in [3.63, 3.8) is 0 Å². The highest BCUT2D eigenvalue weighted by molar-refractivity contribution is 6.92. The summed E-state index contributed by atoms with van der Waals surface area (Å²) in [5.41, 5.74) is 16.4. The number of carbonyl (C=O) groups excluding carboxylic acids is 8. The second-order valence-electron chi connectivity index (χ2n) is 19.0. The molecule has 482 valence electrons. The van der Waals surface area contributed by atoms with E-state index in [-0.39, 0.29) is 86.3 Å². The first-order chi connectivity index (χ1) is 42.2. The van der Waals surface area contributed by atoms with Crippen LogP contribution >= 0.6 is 22.1 Å². The van der Waals surface area contributed by atoms with E-state index in [2.05, 4.69) is 15.4 Å². The third-order valence-corrected chi connectivity index (χ3v) is 11.6. The van der Waals surface area contributed by atoms with Crippen molar-refractivity contribution in [2.45, 2.75) is 118 Å². The van der Waals surface area contributed by atoms with E-state index in [9.17, 15) is 43.2 Å². The van der Waals surface area contributed by atoms with Gasteiger partial charge in [-0.25, -0.2) is 0 Å². The Labute approximate surface area is 526 Å². The van der Waals surface area contributed by atoms with E-state index in [1.54, 1.807) is 6.92 Å². The number of halogens is 1. The maximum atomic E-state index is 11.9. The van der Waals surface area contributed by atoms with Crippen molar-refractivity contribution in [1.82, 2.24) is 10.6 Å².